The van der Waals surface area contributed by atoms with E-state index in [0.717, 1.165) is 43.9 Å². The van der Waals surface area contributed by atoms with Crippen molar-refractivity contribution in [1.82, 2.24) is 10.2 Å². The van der Waals surface area contributed by atoms with Crippen LogP contribution < -0.4 is 14.4 Å². The molecule has 3 aromatic rings. The molecule has 4 rings (SSSR count). The Morgan fingerprint density at radius 3 is 2.38 bits per heavy atom. The van der Waals surface area contributed by atoms with Gasteiger partial charge in [0.2, 0.25) is 21.8 Å². The highest BCUT2D eigenvalue weighted by molar-refractivity contribution is 7.92. The molecule has 242 valence electrons. The van der Waals surface area contributed by atoms with Crippen LogP contribution in [0.1, 0.15) is 56.1 Å². The van der Waals surface area contributed by atoms with Crippen molar-refractivity contribution >= 4 is 50.7 Å². The number of hydrogen-bond acceptors (Lipinski definition) is 5. The number of anilines is 1. The quantitative estimate of drug-likeness (QED) is 0.207. The number of sulfonamides is 1. The second kappa shape index (κ2) is 16.3. The molecule has 0 bridgehead atoms. The van der Waals surface area contributed by atoms with Gasteiger partial charge in [0.05, 0.1) is 19.1 Å². The van der Waals surface area contributed by atoms with E-state index in [-0.39, 0.29) is 43.8 Å². The third-order valence-corrected chi connectivity index (χ3v) is 9.85. The summed E-state index contributed by atoms with van der Waals surface area (Å²) in [5.74, 6) is 0.0362. The molecule has 2 amide bonds. The van der Waals surface area contributed by atoms with E-state index in [1.807, 2.05) is 30.3 Å². The molecule has 0 radical (unpaired) electrons. The molecule has 45 heavy (non-hydrogen) atoms. The second-order valence-electron chi connectivity index (χ2n) is 11.4. The Labute approximate surface area is 276 Å². The largest absolute Gasteiger partial charge is 0.497 e. The van der Waals surface area contributed by atoms with Gasteiger partial charge in [-0.05, 0) is 54.7 Å². The minimum absolute atomic E-state index is 0.0171. The molecular weight excluding hydrogens is 633 g/mol. The fourth-order valence-electron chi connectivity index (χ4n) is 5.70. The summed E-state index contributed by atoms with van der Waals surface area (Å²) in [7, 11) is -2.13. The van der Waals surface area contributed by atoms with Gasteiger partial charge in [-0.15, -0.1) is 0 Å². The average Bonchev–Trinajstić information content (AvgIpc) is 3.02. The van der Waals surface area contributed by atoms with Crippen LogP contribution in [-0.2, 0) is 32.6 Å². The van der Waals surface area contributed by atoms with Gasteiger partial charge in [-0.3, -0.25) is 13.9 Å². The van der Waals surface area contributed by atoms with Crippen molar-refractivity contribution < 1.29 is 22.7 Å². The average molecular weight is 675 g/mol. The molecule has 0 heterocycles. The van der Waals surface area contributed by atoms with E-state index in [2.05, 4.69) is 5.32 Å². The molecule has 0 aliphatic heterocycles. The lowest BCUT2D eigenvalue weighted by Gasteiger charge is -2.34. The molecule has 0 saturated heterocycles. The predicted octanol–water partition coefficient (Wildman–Crippen LogP) is 6.64. The van der Waals surface area contributed by atoms with Crippen molar-refractivity contribution in [3.63, 3.8) is 0 Å². The highest BCUT2D eigenvalue weighted by Crippen LogP contribution is 2.27. The van der Waals surface area contributed by atoms with Gasteiger partial charge in [0.1, 0.15) is 11.8 Å². The first-order valence-electron chi connectivity index (χ1n) is 15.2. The van der Waals surface area contributed by atoms with Gasteiger partial charge in [-0.2, -0.15) is 0 Å². The highest BCUT2D eigenvalue weighted by atomic mass is 35.5. The maximum Gasteiger partial charge on any atom is 0.243 e. The van der Waals surface area contributed by atoms with Gasteiger partial charge in [-0.25, -0.2) is 8.42 Å². The standard InChI is InChI=1S/C34H41Cl2N3O5S/c1-44-30-16-9-15-29(23-30)39(45(2,42)43)20-10-17-33(40)38(24-26-18-19-27(35)22-31(26)36)32(21-25-11-5-3-6-12-25)34(41)37-28-13-7-4-8-14-28/h3,5-6,9,11-12,15-16,18-19,22-23,28,32H,4,7-8,10,13-14,17,20-21,24H2,1-2H3,(H,37,41)/t32-/m0/s1. The van der Waals surface area contributed by atoms with E-state index < -0.39 is 16.1 Å². The van der Waals surface area contributed by atoms with Crippen LogP contribution in [0, 0.1) is 0 Å². The lowest BCUT2D eigenvalue weighted by Crippen LogP contribution is -2.53. The molecule has 3 aromatic carbocycles. The minimum atomic E-state index is -3.65. The molecule has 1 fully saturated rings. The van der Waals surface area contributed by atoms with Gasteiger partial charge in [0.15, 0.2) is 0 Å². The van der Waals surface area contributed by atoms with Gasteiger partial charge >= 0.3 is 0 Å². The Kier molecular flexibility index (Phi) is 12.6. The number of carbonyl (C=O) groups excluding carboxylic acids is 2. The monoisotopic (exact) mass is 673 g/mol. The summed E-state index contributed by atoms with van der Waals surface area (Å²) in [5.41, 5.74) is 2.03. The second-order valence-corrected chi connectivity index (χ2v) is 14.2. The summed E-state index contributed by atoms with van der Waals surface area (Å²) in [4.78, 5) is 29.7. The number of rotatable bonds is 14. The molecule has 1 aliphatic rings. The molecule has 11 heteroatoms. The van der Waals surface area contributed by atoms with Crippen molar-refractivity contribution in [1.29, 1.82) is 0 Å². The molecule has 1 saturated carbocycles. The molecule has 1 aliphatic carbocycles. The Morgan fingerprint density at radius 1 is 0.978 bits per heavy atom. The Hall–Kier alpha value is -3.27. The van der Waals surface area contributed by atoms with Gasteiger partial charge in [-0.1, -0.05) is 84.9 Å². The number of ether oxygens (including phenoxy) is 1. The van der Waals surface area contributed by atoms with Crippen LogP contribution in [0.2, 0.25) is 10.0 Å². The summed E-state index contributed by atoms with van der Waals surface area (Å²) in [6.45, 7) is 0.168. The number of carbonyl (C=O) groups is 2. The molecule has 0 aromatic heterocycles. The molecule has 0 unspecified atom stereocenters. The lowest BCUT2D eigenvalue weighted by atomic mass is 9.94. The number of amides is 2. The van der Waals surface area contributed by atoms with Gasteiger partial charge in [0.25, 0.3) is 0 Å². The van der Waals surface area contributed by atoms with Crippen LogP contribution in [0.25, 0.3) is 0 Å². The molecule has 1 atom stereocenters. The zero-order valence-electron chi connectivity index (χ0n) is 25.8. The fraction of sp³-hybridized carbons (Fsp3) is 0.412. The zero-order chi connectivity index (χ0) is 32.4. The predicted molar refractivity (Wildman–Crippen MR) is 180 cm³/mol. The van der Waals surface area contributed by atoms with Crippen molar-refractivity contribution in [3.05, 3.63) is 94.0 Å². The number of nitrogens with zero attached hydrogens (tertiary/aromatic N) is 2. The van der Waals surface area contributed by atoms with Gasteiger partial charge in [0, 0.05) is 48.1 Å². The zero-order valence-corrected chi connectivity index (χ0v) is 28.1. The van der Waals surface area contributed by atoms with Crippen molar-refractivity contribution in [3.8, 4) is 5.75 Å². The summed E-state index contributed by atoms with van der Waals surface area (Å²) in [6, 6.07) is 20.7. The van der Waals surface area contributed by atoms with Crippen LogP contribution in [-0.4, -0.2) is 57.1 Å². The summed E-state index contributed by atoms with van der Waals surface area (Å²) in [5, 5.41) is 4.09. The minimum Gasteiger partial charge on any atom is -0.497 e. The van der Waals surface area contributed by atoms with E-state index in [4.69, 9.17) is 27.9 Å². The molecule has 8 nitrogen and oxygen atoms in total. The Bertz CT molecular complexity index is 1550. The Morgan fingerprint density at radius 2 is 1.71 bits per heavy atom. The number of halogens is 2. The van der Waals surface area contributed by atoms with Crippen LogP contribution in [0.3, 0.4) is 0 Å². The Balaban J connectivity index is 1.61. The van der Waals surface area contributed by atoms with E-state index in [0.29, 0.717) is 33.5 Å². The summed E-state index contributed by atoms with van der Waals surface area (Å²) >= 11 is 12.7. The van der Waals surface area contributed by atoms with Crippen LogP contribution in [0.5, 0.6) is 5.75 Å². The van der Waals surface area contributed by atoms with E-state index in [9.17, 15) is 18.0 Å². The SMILES string of the molecule is COc1cccc(N(CCCC(=O)N(Cc2ccc(Cl)cc2Cl)[C@@H](Cc2ccccc2)C(=O)NC2CCCCC2)S(C)(=O)=O)c1. The van der Waals surface area contributed by atoms with E-state index in [1.54, 1.807) is 47.4 Å². The first-order valence-corrected chi connectivity index (χ1v) is 17.8. The third kappa shape index (κ3) is 10.1. The third-order valence-electron chi connectivity index (χ3n) is 8.07. The molecule has 0 spiro atoms. The van der Waals surface area contributed by atoms with Crippen molar-refractivity contribution in [2.24, 2.45) is 0 Å². The first kappa shape index (κ1) is 34.6. The maximum absolute atomic E-state index is 14.1. The number of nitrogens with one attached hydrogen (secondary N) is 1. The topological polar surface area (TPSA) is 96.0 Å². The van der Waals surface area contributed by atoms with E-state index >= 15 is 0 Å². The summed E-state index contributed by atoms with van der Waals surface area (Å²) < 4.78 is 32.0. The maximum atomic E-state index is 14.1. The number of benzene rings is 3. The highest BCUT2D eigenvalue weighted by Gasteiger charge is 2.32. The van der Waals surface area contributed by atoms with E-state index in [1.165, 1.54) is 11.4 Å². The van der Waals surface area contributed by atoms with Crippen molar-refractivity contribution in [2.75, 3.05) is 24.2 Å². The van der Waals surface area contributed by atoms with Crippen LogP contribution in [0.4, 0.5) is 5.69 Å². The van der Waals surface area contributed by atoms with Crippen LogP contribution >= 0.6 is 23.2 Å². The fourth-order valence-corrected chi connectivity index (χ4v) is 7.13. The smallest absolute Gasteiger partial charge is 0.243 e. The molecular formula is C34H41Cl2N3O5S. The normalized spacial score (nSPS) is 14.4. The van der Waals surface area contributed by atoms with Crippen LogP contribution in [0.15, 0.2) is 72.8 Å². The molecule has 1 N–H and O–H groups in total. The first-order chi connectivity index (χ1) is 21.5. The van der Waals surface area contributed by atoms with Gasteiger partial charge < -0.3 is 15.0 Å². The lowest BCUT2D eigenvalue weighted by molar-refractivity contribution is -0.141. The number of hydrogen-bond donors (Lipinski definition) is 1. The van der Waals surface area contributed by atoms with Crippen molar-refractivity contribution in [2.45, 2.75) is 70.0 Å². The summed E-state index contributed by atoms with van der Waals surface area (Å²) in [6.07, 6.45) is 6.78. The number of methoxy groups -OCH3 is 1.